The number of hydrogen-bond acceptors (Lipinski definition) is 4. The maximum atomic E-state index is 7.04. The van der Waals surface area contributed by atoms with Gasteiger partial charge in [0.2, 0.25) is 0 Å². The standard InChI is InChI=1S/C62H40N4O/c1-2-19-43(20-3-1)66-55-27-12-10-24-48(55)54-37-42(30-34-56(54)66)60-63-61(50-26-14-18-38-15-6-7-21-44(38)50)65-62(64-60)52-33-32-49(59-58(52)51-25-11-13-28-57(51)67-59)47-31-29-41-35-39-16-4-5-17-40(39)36-53(41)46-23-9-8-22-45(46)47/h1-28,30,32-37,47H,29,31H2. The van der Waals surface area contributed by atoms with Gasteiger partial charge in [0, 0.05) is 55.4 Å². The second-order valence-electron chi connectivity index (χ2n) is 17.8. The van der Waals surface area contributed by atoms with Crippen molar-refractivity contribution >= 4 is 65.3 Å². The van der Waals surface area contributed by atoms with Crippen LogP contribution in [-0.4, -0.2) is 19.5 Å². The number of aromatic nitrogens is 4. The molecule has 5 nitrogen and oxygen atoms in total. The lowest BCUT2D eigenvalue weighted by molar-refractivity contribution is 0.647. The maximum Gasteiger partial charge on any atom is 0.164 e. The van der Waals surface area contributed by atoms with Crippen LogP contribution in [0.25, 0.3) is 116 Å². The number of rotatable bonds is 5. The number of benzene rings is 10. The van der Waals surface area contributed by atoms with Gasteiger partial charge in [-0.05, 0) is 111 Å². The van der Waals surface area contributed by atoms with Crippen molar-refractivity contribution in [2.24, 2.45) is 0 Å². The van der Waals surface area contributed by atoms with Crippen molar-refractivity contribution in [1.82, 2.24) is 19.5 Å². The van der Waals surface area contributed by atoms with Crippen molar-refractivity contribution in [3.63, 3.8) is 0 Å². The molecule has 0 amide bonds. The molecule has 0 fully saturated rings. The van der Waals surface area contributed by atoms with Crippen LogP contribution in [-0.2, 0) is 6.42 Å². The van der Waals surface area contributed by atoms with E-state index in [0.717, 1.165) is 84.3 Å². The first-order valence-electron chi connectivity index (χ1n) is 23.1. The molecular formula is C62H40N4O. The summed E-state index contributed by atoms with van der Waals surface area (Å²) in [5.74, 6) is 1.92. The zero-order chi connectivity index (χ0) is 44.0. The van der Waals surface area contributed by atoms with Crippen LogP contribution >= 0.6 is 0 Å². The normalized spacial score (nSPS) is 13.7. The molecular weight excluding hydrogens is 817 g/mol. The van der Waals surface area contributed by atoms with Crippen LogP contribution in [0.3, 0.4) is 0 Å². The van der Waals surface area contributed by atoms with Gasteiger partial charge < -0.3 is 8.98 Å². The van der Waals surface area contributed by atoms with Crippen LogP contribution in [0.1, 0.15) is 29.0 Å². The van der Waals surface area contributed by atoms with Gasteiger partial charge in [-0.1, -0.05) is 158 Å². The predicted molar refractivity (Wildman–Crippen MR) is 275 cm³/mol. The van der Waals surface area contributed by atoms with E-state index in [-0.39, 0.29) is 5.92 Å². The highest BCUT2D eigenvalue weighted by Crippen LogP contribution is 2.47. The molecule has 67 heavy (non-hydrogen) atoms. The van der Waals surface area contributed by atoms with Gasteiger partial charge in [-0.2, -0.15) is 0 Å². The molecule has 1 atom stereocenters. The first-order chi connectivity index (χ1) is 33.2. The molecule has 10 aromatic carbocycles. The fraction of sp³-hybridized carbons (Fsp3) is 0.0484. The summed E-state index contributed by atoms with van der Waals surface area (Å²) in [5.41, 5.74) is 14.4. The molecule has 0 bridgehead atoms. The van der Waals surface area contributed by atoms with Gasteiger partial charge in [0.25, 0.3) is 0 Å². The number of fused-ring (bicyclic) bond motifs is 11. The Morgan fingerprint density at radius 1 is 0.418 bits per heavy atom. The topological polar surface area (TPSA) is 56.7 Å². The molecule has 3 heterocycles. The Morgan fingerprint density at radius 2 is 1.07 bits per heavy atom. The van der Waals surface area contributed by atoms with E-state index < -0.39 is 0 Å². The average molecular weight is 857 g/mol. The molecule has 1 unspecified atom stereocenters. The highest BCUT2D eigenvalue weighted by Gasteiger charge is 2.29. The molecule has 314 valence electrons. The molecule has 0 N–H and O–H groups in total. The van der Waals surface area contributed by atoms with Crippen molar-refractivity contribution in [2.75, 3.05) is 0 Å². The van der Waals surface area contributed by atoms with Crippen LogP contribution in [0.5, 0.6) is 0 Å². The summed E-state index contributed by atoms with van der Waals surface area (Å²) in [4.78, 5) is 16.2. The Labute approximate surface area is 386 Å². The molecule has 1 aliphatic rings. The van der Waals surface area contributed by atoms with E-state index >= 15 is 0 Å². The summed E-state index contributed by atoms with van der Waals surface area (Å²) in [6, 6.07) is 76.0. The molecule has 0 aliphatic heterocycles. The van der Waals surface area contributed by atoms with E-state index in [9.17, 15) is 0 Å². The van der Waals surface area contributed by atoms with Gasteiger partial charge >= 0.3 is 0 Å². The van der Waals surface area contributed by atoms with E-state index in [0.29, 0.717) is 17.5 Å². The number of aryl methyl sites for hydroxylation is 1. The third kappa shape index (κ3) is 5.98. The summed E-state index contributed by atoms with van der Waals surface area (Å²) in [5, 5.41) is 9.11. The van der Waals surface area contributed by atoms with Crippen molar-refractivity contribution < 1.29 is 4.42 Å². The number of nitrogens with zero attached hydrogens (tertiary/aromatic N) is 4. The van der Waals surface area contributed by atoms with E-state index in [1.807, 2.05) is 0 Å². The van der Waals surface area contributed by atoms with Gasteiger partial charge in [-0.3, -0.25) is 0 Å². The minimum absolute atomic E-state index is 0.0914. The fourth-order valence-corrected chi connectivity index (χ4v) is 11.0. The molecule has 3 aromatic heterocycles. The highest BCUT2D eigenvalue weighted by atomic mass is 16.3. The second-order valence-corrected chi connectivity index (χ2v) is 17.8. The fourth-order valence-electron chi connectivity index (χ4n) is 11.0. The highest BCUT2D eigenvalue weighted by molar-refractivity contribution is 6.14. The number of para-hydroxylation sites is 3. The van der Waals surface area contributed by atoms with Crippen LogP contribution in [0.4, 0.5) is 0 Å². The monoisotopic (exact) mass is 856 g/mol. The third-order valence-electron chi connectivity index (χ3n) is 14.1. The Hall–Kier alpha value is -8.67. The first-order valence-corrected chi connectivity index (χ1v) is 23.1. The lowest BCUT2D eigenvalue weighted by atomic mass is 9.84. The summed E-state index contributed by atoms with van der Waals surface area (Å²) in [6.45, 7) is 0. The lowest BCUT2D eigenvalue weighted by Gasteiger charge is -2.19. The van der Waals surface area contributed by atoms with Gasteiger partial charge in [0.15, 0.2) is 17.5 Å². The maximum absolute atomic E-state index is 7.04. The van der Waals surface area contributed by atoms with Crippen LogP contribution < -0.4 is 0 Å². The Morgan fingerprint density at radius 3 is 1.96 bits per heavy atom. The Bertz CT molecular complexity index is 4120. The average Bonchev–Trinajstić information content (AvgIpc) is 3.90. The summed E-state index contributed by atoms with van der Waals surface area (Å²) >= 11 is 0. The number of furan rings is 1. The number of hydrogen-bond donors (Lipinski definition) is 0. The predicted octanol–water partition coefficient (Wildman–Crippen LogP) is 15.9. The van der Waals surface area contributed by atoms with Crippen LogP contribution in [0, 0.1) is 0 Å². The zero-order valence-corrected chi connectivity index (χ0v) is 36.4. The van der Waals surface area contributed by atoms with Crippen molar-refractivity contribution in [2.45, 2.75) is 18.8 Å². The zero-order valence-electron chi connectivity index (χ0n) is 36.4. The second kappa shape index (κ2) is 14.9. The minimum Gasteiger partial charge on any atom is -0.456 e. The van der Waals surface area contributed by atoms with Gasteiger partial charge in [0.1, 0.15) is 11.2 Å². The quantitative estimate of drug-likeness (QED) is 0.173. The molecule has 14 rings (SSSR count). The van der Waals surface area contributed by atoms with E-state index in [2.05, 4.69) is 217 Å². The molecule has 0 spiro atoms. The van der Waals surface area contributed by atoms with E-state index in [1.165, 1.54) is 44.0 Å². The van der Waals surface area contributed by atoms with Crippen LogP contribution in [0.2, 0.25) is 0 Å². The molecule has 5 heteroatoms. The Kier molecular flexibility index (Phi) is 8.40. The van der Waals surface area contributed by atoms with Crippen LogP contribution in [0.15, 0.2) is 217 Å². The van der Waals surface area contributed by atoms with E-state index in [4.69, 9.17) is 19.4 Å². The van der Waals surface area contributed by atoms with Gasteiger partial charge in [-0.15, -0.1) is 0 Å². The minimum atomic E-state index is 0.0914. The van der Waals surface area contributed by atoms with Gasteiger partial charge in [0.05, 0.1) is 11.0 Å². The largest absolute Gasteiger partial charge is 0.456 e. The SMILES string of the molecule is c1ccc(-n2c3ccccc3c3cc(-c4nc(-c5cccc6ccccc56)nc(-c5ccc(C6CCc7cc8ccccc8cc7-c7ccccc76)c6oc7ccccc7c56)n4)ccc32)cc1. The summed E-state index contributed by atoms with van der Waals surface area (Å²) in [6.07, 6.45) is 1.89. The van der Waals surface area contributed by atoms with Crippen molar-refractivity contribution in [3.8, 4) is 51.0 Å². The Balaban J connectivity index is 0.992. The summed E-state index contributed by atoms with van der Waals surface area (Å²) in [7, 11) is 0. The van der Waals surface area contributed by atoms with Crippen molar-refractivity contribution in [1.29, 1.82) is 0 Å². The lowest BCUT2D eigenvalue weighted by Crippen LogP contribution is -2.04. The first kappa shape index (κ1) is 37.7. The molecule has 0 saturated heterocycles. The van der Waals surface area contributed by atoms with Gasteiger partial charge in [-0.25, -0.2) is 15.0 Å². The smallest absolute Gasteiger partial charge is 0.164 e. The third-order valence-corrected chi connectivity index (χ3v) is 14.1. The summed E-state index contributed by atoms with van der Waals surface area (Å²) < 4.78 is 9.37. The molecule has 0 saturated carbocycles. The molecule has 13 aromatic rings. The van der Waals surface area contributed by atoms with E-state index in [1.54, 1.807) is 0 Å². The molecule has 1 aliphatic carbocycles. The molecule has 0 radical (unpaired) electrons. The van der Waals surface area contributed by atoms with Crippen molar-refractivity contribution in [3.05, 3.63) is 229 Å².